The topological polar surface area (TPSA) is 66.4 Å². The Morgan fingerprint density at radius 3 is 2.58 bits per heavy atom. The number of aliphatic carboxylic acids is 1. The van der Waals surface area contributed by atoms with Gasteiger partial charge in [-0.05, 0) is 19.1 Å². The second kappa shape index (κ2) is 3.36. The Kier molecular flexibility index (Phi) is 2.44. The predicted octanol–water partition coefficient (Wildman–Crippen LogP) is 1.08. The van der Waals surface area contributed by atoms with E-state index in [-0.39, 0.29) is 0 Å². The van der Waals surface area contributed by atoms with Crippen molar-refractivity contribution >= 4 is 28.2 Å². The summed E-state index contributed by atoms with van der Waals surface area (Å²) in [5.74, 6) is -2.47. The first-order chi connectivity index (χ1) is 5.59. The molecular formula is C7H7NO3S. The summed E-state index contributed by atoms with van der Waals surface area (Å²) in [6.45, 7) is 1.88. The lowest BCUT2D eigenvalue weighted by atomic mass is 10.5. The van der Waals surface area contributed by atoms with E-state index in [0.717, 1.165) is 4.88 Å². The van der Waals surface area contributed by atoms with Crippen LogP contribution in [0, 0.1) is 6.92 Å². The number of amides is 1. The maximum atomic E-state index is 10.6. The molecule has 12 heavy (non-hydrogen) atoms. The largest absolute Gasteiger partial charge is 0.474 e. The van der Waals surface area contributed by atoms with Gasteiger partial charge in [-0.15, -0.1) is 11.3 Å². The van der Waals surface area contributed by atoms with Crippen LogP contribution < -0.4 is 5.32 Å². The van der Waals surface area contributed by atoms with Gasteiger partial charge >= 0.3 is 11.9 Å². The van der Waals surface area contributed by atoms with Gasteiger partial charge in [0.1, 0.15) is 0 Å². The van der Waals surface area contributed by atoms with E-state index < -0.39 is 11.9 Å². The second-order valence-electron chi connectivity index (χ2n) is 2.17. The minimum absolute atomic E-state index is 0.555. The predicted molar refractivity (Wildman–Crippen MR) is 45.3 cm³/mol. The molecule has 0 saturated carbocycles. The van der Waals surface area contributed by atoms with Crippen LogP contribution in [0.2, 0.25) is 0 Å². The highest BCUT2D eigenvalue weighted by Crippen LogP contribution is 2.20. The molecule has 4 nitrogen and oxygen atoms in total. The summed E-state index contributed by atoms with van der Waals surface area (Å²) >= 11 is 1.34. The fourth-order valence-corrected chi connectivity index (χ4v) is 1.43. The number of hydrogen-bond acceptors (Lipinski definition) is 3. The van der Waals surface area contributed by atoms with Crippen molar-refractivity contribution in [3.8, 4) is 0 Å². The van der Waals surface area contributed by atoms with Gasteiger partial charge in [-0.3, -0.25) is 4.79 Å². The van der Waals surface area contributed by atoms with Crippen molar-refractivity contribution in [2.45, 2.75) is 6.92 Å². The molecule has 0 aromatic carbocycles. The number of anilines is 1. The number of carboxylic acids is 1. The quantitative estimate of drug-likeness (QED) is 0.643. The first kappa shape index (κ1) is 8.73. The number of carboxylic acid groups (broad SMARTS) is 1. The van der Waals surface area contributed by atoms with Crippen molar-refractivity contribution in [1.82, 2.24) is 0 Å². The molecule has 0 bridgehead atoms. The fourth-order valence-electron chi connectivity index (χ4n) is 0.667. The number of thiophene rings is 1. The highest BCUT2D eigenvalue weighted by molar-refractivity contribution is 7.16. The average Bonchev–Trinajstić information content (AvgIpc) is 2.35. The van der Waals surface area contributed by atoms with Crippen LogP contribution in [0.25, 0.3) is 0 Å². The van der Waals surface area contributed by atoms with Gasteiger partial charge in [-0.25, -0.2) is 4.79 Å². The van der Waals surface area contributed by atoms with Gasteiger partial charge < -0.3 is 10.4 Å². The Labute approximate surface area is 72.8 Å². The Morgan fingerprint density at radius 2 is 2.17 bits per heavy atom. The zero-order chi connectivity index (χ0) is 9.14. The van der Waals surface area contributed by atoms with Gasteiger partial charge in [0.15, 0.2) is 0 Å². The van der Waals surface area contributed by atoms with Crippen molar-refractivity contribution in [2.75, 3.05) is 5.32 Å². The molecule has 1 aromatic heterocycles. The van der Waals surface area contributed by atoms with Crippen molar-refractivity contribution in [3.63, 3.8) is 0 Å². The van der Waals surface area contributed by atoms with Crippen LogP contribution in [0.15, 0.2) is 12.1 Å². The summed E-state index contributed by atoms with van der Waals surface area (Å²) in [5, 5.41) is 11.0. The smallest absolute Gasteiger partial charge is 0.394 e. The van der Waals surface area contributed by atoms with Crippen LogP contribution >= 0.6 is 11.3 Å². The molecule has 0 atom stereocenters. The first-order valence-electron chi connectivity index (χ1n) is 3.20. The Balaban J connectivity index is 2.64. The molecule has 0 spiro atoms. The molecule has 64 valence electrons. The van der Waals surface area contributed by atoms with Crippen molar-refractivity contribution in [2.24, 2.45) is 0 Å². The van der Waals surface area contributed by atoms with Crippen LogP contribution in [0.3, 0.4) is 0 Å². The molecule has 1 aromatic rings. The molecule has 2 N–H and O–H groups in total. The van der Waals surface area contributed by atoms with Crippen LogP contribution in [0.4, 0.5) is 5.00 Å². The number of aryl methyl sites for hydroxylation is 1. The van der Waals surface area contributed by atoms with E-state index in [1.807, 2.05) is 13.0 Å². The number of carbonyl (C=O) groups is 2. The van der Waals surface area contributed by atoms with Crippen LogP contribution in [0.1, 0.15) is 4.88 Å². The van der Waals surface area contributed by atoms with Gasteiger partial charge in [-0.2, -0.15) is 0 Å². The third kappa shape index (κ3) is 2.06. The maximum Gasteiger partial charge on any atom is 0.394 e. The van der Waals surface area contributed by atoms with Crippen molar-refractivity contribution < 1.29 is 14.7 Å². The summed E-state index contributed by atoms with van der Waals surface area (Å²) in [5.41, 5.74) is 0. The van der Waals surface area contributed by atoms with E-state index in [1.54, 1.807) is 6.07 Å². The molecular weight excluding hydrogens is 178 g/mol. The number of rotatable bonds is 1. The standard InChI is InChI=1S/C7H7NO3S/c1-4-2-3-5(12-4)8-6(9)7(10)11/h2-3H,1H3,(H,8,9)(H,10,11). The van der Waals surface area contributed by atoms with E-state index >= 15 is 0 Å². The van der Waals surface area contributed by atoms with Crippen LogP contribution in [0.5, 0.6) is 0 Å². The molecule has 1 amide bonds. The molecule has 0 aliphatic rings. The van der Waals surface area contributed by atoms with E-state index in [9.17, 15) is 9.59 Å². The summed E-state index contributed by atoms with van der Waals surface area (Å²) in [6, 6.07) is 3.48. The highest BCUT2D eigenvalue weighted by Gasteiger charge is 2.11. The van der Waals surface area contributed by atoms with E-state index in [0.29, 0.717) is 5.00 Å². The number of nitrogens with one attached hydrogen (secondary N) is 1. The second-order valence-corrected chi connectivity index (χ2v) is 3.46. The Hall–Kier alpha value is -1.36. The monoisotopic (exact) mass is 185 g/mol. The first-order valence-corrected chi connectivity index (χ1v) is 4.02. The van der Waals surface area contributed by atoms with Gasteiger partial charge in [0, 0.05) is 4.88 Å². The molecule has 0 aliphatic heterocycles. The minimum Gasteiger partial charge on any atom is -0.474 e. The summed E-state index contributed by atoms with van der Waals surface area (Å²) in [4.78, 5) is 21.7. The lowest BCUT2D eigenvalue weighted by Crippen LogP contribution is -2.21. The SMILES string of the molecule is Cc1ccc(NC(=O)C(=O)O)s1. The summed E-state index contributed by atoms with van der Waals surface area (Å²) in [7, 11) is 0. The van der Waals surface area contributed by atoms with Crippen molar-refractivity contribution in [1.29, 1.82) is 0 Å². The fraction of sp³-hybridized carbons (Fsp3) is 0.143. The van der Waals surface area contributed by atoms with Gasteiger partial charge in [0.05, 0.1) is 5.00 Å². The van der Waals surface area contributed by atoms with Crippen LogP contribution in [-0.2, 0) is 9.59 Å². The van der Waals surface area contributed by atoms with Crippen molar-refractivity contribution in [3.05, 3.63) is 17.0 Å². The van der Waals surface area contributed by atoms with E-state index in [4.69, 9.17) is 5.11 Å². The number of carbonyl (C=O) groups excluding carboxylic acids is 1. The van der Waals surface area contributed by atoms with Crippen LogP contribution in [-0.4, -0.2) is 17.0 Å². The Bertz CT molecular complexity index is 318. The third-order valence-electron chi connectivity index (χ3n) is 1.17. The molecule has 1 rings (SSSR count). The van der Waals surface area contributed by atoms with E-state index in [2.05, 4.69) is 5.32 Å². The lowest BCUT2D eigenvalue weighted by Gasteiger charge is -1.94. The Morgan fingerprint density at radius 1 is 1.50 bits per heavy atom. The van der Waals surface area contributed by atoms with E-state index in [1.165, 1.54) is 11.3 Å². The zero-order valence-electron chi connectivity index (χ0n) is 6.33. The molecule has 5 heteroatoms. The number of hydrogen-bond donors (Lipinski definition) is 2. The molecule has 0 unspecified atom stereocenters. The summed E-state index contributed by atoms with van der Waals surface area (Å²) < 4.78 is 0. The third-order valence-corrected chi connectivity index (χ3v) is 2.09. The highest BCUT2D eigenvalue weighted by atomic mass is 32.1. The maximum absolute atomic E-state index is 10.6. The molecule has 0 aliphatic carbocycles. The zero-order valence-corrected chi connectivity index (χ0v) is 7.14. The molecule has 0 saturated heterocycles. The summed E-state index contributed by atoms with van der Waals surface area (Å²) in [6.07, 6.45) is 0. The van der Waals surface area contributed by atoms with Gasteiger partial charge in [0.25, 0.3) is 0 Å². The molecule has 0 fully saturated rings. The van der Waals surface area contributed by atoms with Gasteiger partial charge in [-0.1, -0.05) is 0 Å². The van der Waals surface area contributed by atoms with Gasteiger partial charge in [0.2, 0.25) is 0 Å². The lowest BCUT2D eigenvalue weighted by molar-refractivity contribution is -0.147. The molecule has 1 heterocycles. The minimum atomic E-state index is -1.47. The normalized spacial score (nSPS) is 9.42. The average molecular weight is 185 g/mol. The molecule has 0 radical (unpaired) electrons.